The largest absolute Gasteiger partial charge is 0.357 e. The van der Waals surface area contributed by atoms with E-state index in [1.807, 2.05) is 6.07 Å². The molecule has 3 N–H and O–H groups in total. The lowest BCUT2D eigenvalue weighted by atomic mass is 10.2. The molecular weight excluding hydrogens is 191 g/mol. The van der Waals surface area contributed by atoms with Gasteiger partial charge in [-0.2, -0.15) is 0 Å². The highest BCUT2D eigenvalue weighted by atomic mass is 35.5. The molecule has 0 radical (unpaired) electrons. The Hall–Kier alpha value is -1.06. The zero-order valence-electron chi connectivity index (χ0n) is 6.77. The van der Waals surface area contributed by atoms with E-state index in [0.717, 1.165) is 16.6 Å². The van der Waals surface area contributed by atoms with Crippen molar-refractivity contribution in [2.24, 2.45) is 5.73 Å². The Labute approximate surface area is 79.5 Å². The minimum atomic E-state index is -0.406. The van der Waals surface area contributed by atoms with Crippen molar-refractivity contribution < 1.29 is 4.39 Å². The molecule has 0 fully saturated rings. The van der Waals surface area contributed by atoms with Crippen molar-refractivity contribution >= 4 is 22.5 Å². The molecule has 0 unspecified atom stereocenters. The third-order valence-corrected chi connectivity index (χ3v) is 2.23. The Morgan fingerprint density at radius 2 is 2.15 bits per heavy atom. The standard InChI is InChI=1S/C9H8ClFN2/c10-7-3-9-5(2-8(7)11)1-6(4-12)13-9/h1-3,13H,4,12H2. The Morgan fingerprint density at radius 3 is 2.85 bits per heavy atom. The number of benzene rings is 1. The van der Waals surface area contributed by atoms with E-state index in [9.17, 15) is 4.39 Å². The number of hydrogen-bond donors (Lipinski definition) is 2. The number of hydrogen-bond acceptors (Lipinski definition) is 1. The molecule has 1 aromatic heterocycles. The van der Waals surface area contributed by atoms with Crippen molar-refractivity contribution in [2.75, 3.05) is 0 Å². The molecule has 1 aromatic carbocycles. The number of aromatic nitrogens is 1. The lowest BCUT2D eigenvalue weighted by Gasteiger charge is -1.93. The normalized spacial score (nSPS) is 11.0. The molecule has 0 atom stereocenters. The molecule has 0 aliphatic heterocycles. The van der Waals surface area contributed by atoms with E-state index in [0.29, 0.717) is 6.54 Å². The summed E-state index contributed by atoms with van der Waals surface area (Å²) in [5, 5.41) is 0.917. The Balaban J connectivity index is 2.70. The molecule has 13 heavy (non-hydrogen) atoms. The van der Waals surface area contributed by atoms with E-state index in [4.69, 9.17) is 17.3 Å². The van der Waals surface area contributed by atoms with Gasteiger partial charge in [0.2, 0.25) is 0 Å². The first-order valence-corrected chi connectivity index (χ1v) is 4.25. The summed E-state index contributed by atoms with van der Waals surface area (Å²) in [6, 6.07) is 4.77. The molecule has 0 saturated carbocycles. The first-order chi connectivity index (χ1) is 6.20. The van der Waals surface area contributed by atoms with Gasteiger partial charge < -0.3 is 10.7 Å². The van der Waals surface area contributed by atoms with Gasteiger partial charge >= 0.3 is 0 Å². The minimum absolute atomic E-state index is 0.123. The minimum Gasteiger partial charge on any atom is -0.357 e. The van der Waals surface area contributed by atoms with Crippen LogP contribution < -0.4 is 5.73 Å². The van der Waals surface area contributed by atoms with Crippen molar-refractivity contribution in [3.05, 3.63) is 34.7 Å². The molecular formula is C9H8ClFN2. The summed E-state index contributed by atoms with van der Waals surface area (Å²) in [5.41, 5.74) is 7.12. The van der Waals surface area contributed by atoms with E-state index in [-0.39, 0.29) is 5.02 Å². The van der Waals surface area contributed by atoms with E-state index < -0.39 is 5.82 Å². The molecule has 0 bridgehead atoms. The summed E-state index contributed by atoms with van der Waals surface area (Å²) in [4.78, 5) is 3.04. The Bertz CT molecular complexity index is 411. The monoisotopic (exact) mass is 198 g/mol. The van der Waals surface area contributed by atoms with Crippen molar-refractivity contribution in [3.63, 3.8) is 0 Å². The fraction of sp³-hybridized carbons (Fsp3) is 0.111. The van der Waals surface area contributed by atoms with Gasteiger partial charge in [0.25, 0.3) is 0 Å². The molecule has 0 amide bonds. The fourth-order valence-electron chi connectivity index (χ4n) is 1.30. The predicted molar refractivity (Wildman–Crippen MR) is 51.2 cm³/mol. The molecule has 2 aromatic rings. The zero-order valence-corrected chi connectivity index (χ0v) is 7.53. The van der Waals surface area contributed by atoms with Crippen LogP contribution in [-0.4, -0.2) is 4.98 Å². The van der Waals surface area contributed by atoms with Crippen molar-refractivity contribution in [2.45, 2.75) is 6.54 Å². The number of fused-ring (bicyclic) bond motifs is 1. The average Bonchev–Trinajstić information content (AvgIpc) is 2.48. The SMILES string of the molecule is NCc1cc2cc(F)c(Cl)cc2[nH]1. The van der Waals surface area contributed by atoms with Gasteiger partial charge in [0.05, 0.1) is 5.02 Å². The Kier molecular flexibility index (Phi) is 1.98. The van der Waals surface area contributed by atoms with Crippen molar-refractivity contribution in [1.82, 2.24) is 4.98 Å². The molecule has 0 aliphatic rings. The van der Waals surface area contributed by atoms with Crippen molar-refractivity contribution in [1.29, 1.82) is 0 Å². The van der Waals surface area contributed by atoms with Gasteiger partial charge in [0, 0.05) is 23.1 Å². The van der Waals surface area contributed by atoms with E-state index >= 15 is 0 Å². The summed E-state index contributed by atoms with van der Waals surface area (Å²) in [6.07, 6.45) is 0. The van der Waals surface area contributed by atoms with Crippen LogP contribution >= 0.6 is 11.6 Å². The van der Waals surface area contributed by atoms with Crippen LogP contribution in [0.3, 0.4) is 0 Å². The lowest BCUT2D eigenvalue weighted by Crippen LogP contribution is -1.94. The number of halogens is 2. The van der Waals surface area contributed by atoms with Gasteiger partial charge in [-0.3, -0.25) is 0 Å². The maximum Gasteiger partial charge on any atom is 0.142 e. The van der Waals surface area contributed by atoms with E-state index in [1.165, 1.54) is 6.07 Å². The van der Waals surface area contributed by atoms with Crippen LogP contribution in [0, 0.1) is 5.82 Å². The van der Waals surface area contributed by atoms with Crippen molar-refractivity contribution in [3.8, 4) is 0 Å². The van der Waals surface area contributed by atoms with Gasteiger partial charge in [-0.1, -0.05) is 11.6 Å². The quantitative estimate of drug-likeness (QED) is 0.726. The highest BCUT2D eigenvalue weighted by Gasteiger charge is 2.04. The fourth-order valence-corrected chi connectivity index (χ4v) is 1.46. The molecule has 68 valence electrons. The van der Waals surface area contributed by atoms with Gasteiger partial charge in [-0.05, 0) is 18.2 Å². The maximum atomic E-state index is 13.0. The number of nitrogens with one attached hydrogen (secondary N) is 1. The lowest BCUT2D eigenvalue weighted by molar-refractivity contribution is 0.630. The maximum absolute atomic E-state index is 13.0. The summed E-state index contributed by atoms with van der Waals surface area (Å²) >= 11 is 5.61. The number of nitrogens with two attached hydrogens (primary N) is 1. The molecule has 0 aliphatic carbocycles. The zero-order chi connectivity index (χ0) is 9.42. The smallest absolute Gasteiger partial charge is 0.142 e. The average molecular weight is 199 g/mol. The summed E-state index contributed by atoms with van der Waals surface area (Å²) < 4.78 is 13.0. The van der Waals surface area contributed by atoms with Crippen LogP contribution in [0.1, 0.15) is 5.69 Å². The second-order valence-corrected chi connectivity index (χ2v) is 3.26. The molecule has 2 rings (SSSR count). The van der Waals surface area contributed by atoms with Crippen LogP contribution in [0.4, 0.5) is 4.39 Å². The van der Waals surface area contributed by atoms with Crippen LogP contribution in [0.15, 0.2) is 18.2 Å². The second kappa shape index (κ2) is 3.01. The molecule has 2 nitrogen and oxygen atoms in total. The Morgan fingerprint density at radius 1 is 1.38 bits per heavy atom. The number of H-pyrrole nitrogens is 1. The first-order valence-electron chi connectivity index (χ1n) is 3.87. The predicted octanol–water partition coefficient (Wildman–Crippen LogP) is 2.42. The van der Waals surface area contributed by atoms with Crippen LogP contribution in [0.5, 0.6) is 0 Å². The van der Waals surface area contributed by atoms with E-state index in [2.05, 4.69) is 4.98 Å². The van der Waals surface area contributed by atoms with Gasteiger partial charge in [-0.25, -0.2) is 4.39 Å². The highest BCUT2D eigenvalue weighted by molar-refractivity contribution is 6.31. The summed E-state index contributed by atoms with van der Waals surface area (Å²) in [5.74, 6) is -0.406. The summed E-state index contributed by atoms with van der Waals surface area (Å²) in [7, 11) is 0. The molecule has 0 spiro atoms. The summed E-state index contributed by atoms with van der Waals surface area (Å²) in [6.45, 7) is 0.411. The first kappa shape index (κ1) is 8.53. The molecule has 4 heteroatoms. The topological polar surface area (TPSA) is 41.8 Å². The third-order valence-electron chi connectivity index (χ3n) is 1.94. The number of rotatable bonds is 1. The molecule has 1 heterocycles. The van der Waals surface area contributed by atoms with E-state index in [1.54, 1.807) is 6.07 Å². The highest BCUT2D eigenvalue weighted by Crippen LogP contribution is 2.23. The third kappa shape index (κ3) is 1.41. The van der Waals surface area contributed by atoms with Gasteiger partial charge in [0.1, 0.15) is 5.82 Å². The van der Waals surface area contributed by atoms with Crippen LogP contribution in [0.2, 0.25) is 5.02 Å². The van der Waals surface area contributed by atoms with Crippen LogP contribution in [-0.2, 0) is 6.54 Å². The van der Waals surface area contributed by atoms with Gasteiger partial charge in [-0.15, -0.1) is 0 Å². The molecule has 0 saturated heterocycles. The number of aromatic amines is 1. The van der Waals surface area contributed by atoms with Crippen LogP contribution in [0.25, 0.3) is 10.9 Å². The van der Waals surface area contributed by atoms with Gasteiger partial charge in [0.15, 0.2) is 0 Å². The second-order valence-electron chi connectivity index (χ2n) is 2.85.